The van der Waals surface area contributed by atoms with E-state index in [1.165, 1.54) is 0 Å². The molecule has 0 unspecified atom stereocenters. The Morgan fingerprint density at radius 2 is 1.76 bits per heavy atom. The molecule has 0 spiro atoms. The van der Waals surface area contributed by atoms with Crippen molar-refractivity contribution in [2.24, 2.45) is 0 Å². The lowest BCUT2D eigenvalue weighted by Crippen LogP contribution is -2.17. The van der Waals surface area contributed by atoms with Crippen molar-refractivity contribution in [1.29, 1.82) is 0 Å². The highest BCUT2D eigenvalue weighted by Gasteiger charge is 2.13. The van der Waals surface area contributed by atoms with Gasteiger partial charge < -0.3 is 19.5 Å². The Morgan fingerprint density at radius 1 is 1.07 bits per heavy atom. The van der Waals surface area contributed by atoms with E-state index < -0.39 is 0 Å². The van der Waals surface area contributed by atoms with Gasteiger partial charge in [-0.25, -0.2) is 0 Å². The van der Waals surface area contributed by atoms with Gasteiger partial charge in [0.25, 0.3) is 0 Å². The van der Waals surface area contributed by atoms with Crippen LogP contribution < -0.4 is 14.8 Å². The standard InChI is InChI=1S/C22H28BrCl2NO3/c1-4-27-21-11-16(13-26-9-6-10-28-15(2)3)18(23)12-22(21)29-14-17-19(24)7-5-8-20(17)25/h5,7-8,11-12,15,26H,4,6,9-10,13-14H2,1-3H3. The van der Waals surface area contributed by atoms with Gasteiger partial charge in [-0.3, -0.25) is 0 Å². The summed E-state index contributed by atoms with van der Waals surface area (Å²) in [5, 5.41) is 4.60. The lowest BCUT2D eigenvalue weighted by molar-refractivity contribution is 0.0770. The van der Waals surface area contributed by atoms with Crippen molar-refractivity contribution in [3.63, 3.8) is 0 Å². The van der Waals surface area contributed by atoms with Gasteiger partial charge in [0.2, 0.25) is 0 Å². The van der Waals surface area contributed by atoms with Crippen LogP contribution in [0.25, 0.3) is 0 Å². The molecular weight excluding hydrogens is 477 g/mol. The molecule has 4 nitrogen and oxygen atoms in total. The molecule has 0 atom stereocenters. The molecule has 0 aliphatic rings. The Hall–Kier alpha value is -0.980. The van der Waals surface area contributed by atoms with Crippen LogP contribution in [0.3, 0.4) is 0 Å². The molecule has 0 fully saturated rings. The van der Waals surface area contributed by atoms with Crippen LogP contribution in [-0.2, 0) is 17.9 Å². The van der Waals surface area contributed by atoms with Crippen LogP contribution in [0.1, 0.15) is 38.3 Å². The van der Waals surface area contributed by atoms with E-state index in [1.807, 2.05) is 39.0 Å². The zero-order valence-electron chi connectivity index (χ0n) is 17.1. The molecule has 0 bridgehead atoms. The Balaban J connectivity index is 2.01. The summed E-state index contributed by atoms with van der Waals surface area (Å²) in [6.07, 6.45) is 1.24. The molecular formula is C22H28BrCl2NO3. The van der Waals surface area contributed by atoms with Gasteiger partial charge in [0, 0.05) is 33.2 Å². The van der Waals surface area contributed by atoms with Crippen molar-refractivity contribution in [3.05, 3.63) is 56.0 Å². The zero-order chi connectivity index (χ0) is 21.2. The van der Waals surface area contributed by atoms with Crippen molar-refractivity contribution in [1.82, 2.24) is 5.32 Å². The quantitative estimate of drug-likeness (QED) is 0.329. The molecule has 0 aliphatic heterocycles. The van der Waals surface area contributed by atoms with Gasteiger partial charge in [-0.1, -0.05) is 45.2 Å². The molecule has 0 aromatic heterocycles. The Morgan fingerprint density at radius 3 is 2.41 bits per heavy atom. The molecule has 7 heteroatoms. The highest BCUT2D eigenvalue weighted by atomic mass is 79.9. The van der Waals surface area contributed by atoms with Crippen LogP contribution >= 0.6 is 39.1 Å². The van der Waals surface area contributed by atoms with E-state index in [0.717, 1.165) is 41.7 Å². The SMILES string of the molecule is CCOc1cc(CNCCCOC(C)C)c(Br)cc1OCc1c(Cl)cccc1Cl. The Bertz CT molecular complexity index is 767. The average Bonchev–Trinajstić information content (AvgIpc) is 2.66. The van der Waals surface area contributed by atoms with Crippen LogP contribution in [0.4, 0.5) is 0 Å². The molecule has 0 heterocycles. The average molecular weight is 505 g/mol. The molecule has 2 aromatic carbocycles. The minimum absolute atomic E-state index is 0.262. The largest absolute Gasteiger partial charge is 0.490 e. The third-order valence-corrected chi connectivity index (χ3v) is 5.56. The molecule has 0 amide bonds. The summed E-state index contributed by atoms with van der Waals surface area (Å²) in [5.74, 6) is 1.34. The highest BCUT2D eigenvalue weighted by molar-refractivity contribution is 9.10. The lowest BCUT2D eigenvalue weighted by atomic mass is 10.2. The summed E-state index contributed by atoms with van der Waals surface area (Å²) in [7, 11) is 0. The second-order valence-electron chi connectivity index (χ2n) is 6.76. The molecule has 1 N–H and O–H groups in total. The fraction of sp³-hybridized carbons (Fsp3) is 0.455. The van der Waals surface area contributed by atoms with Crippen LogP contribution in [0.5, 0.6) is 11.5 Å². The smallest absolute Gasteiger partial charge is 0.162 e. The molecule has 160 valence electrons. The fourth-order valence-corrected chi connectivity index (χ4v) is 3.62. The van der Waals surface area contributed by atoms with Crippen molar-refractivity contribution in [3.8, 4) is 11.5 Å². The van der Waals surface area contributed by atoms with Crippen molar-refractivity contribution < 1.29 is 14.2 Å². The predicted molar refractivity (Wildman–Crippen MR) is 124 cm³/mol. The van der Waals surface area contributed by atoms with Gasteiger partial charge in [0.1, 0.15) is 6.61 Å². The van der Waals surface area contributed by atoms with Gasteiger partial charge >= 0.3 is 0 Å². The molecule has 2 aromatic rings. The molecule has 2 rings (SSSR count). The van der Waals surface area contributed by atoms with Crippen LogP contribution in [0, 0.1) is 0 Å². The van der Waals surface area contributed by atoms with Gasteiger partial charge in [0.05, 0.1) is 12.7 Å². The van der Waals surface area contributed by atoms with E-state index in [2.05, 4.69) is 21.2 Å². The molecule has 0 saturated carbocycles. The maximum atomic E-state index is 6.24. The van der Waals surface area contributed by atoms with E-state index in [0.29, 0.717) is 28.2 Å². The van der Waals surface area contributed by atoms with Crippen LogP contribution in [-0.4, -0.2) is 25.9 Å². The second kappa shape index (κ2) is 12.7. The molecule has 29 heavy (non-hydrogen) atoms. The minimum atomic E-state index is 0.262. The summed E-state index contributed by atoms with van der Waals surface area (Å²) in [5.41, 5.74) is 1.85. The first-order valence-electron chi connectivity index (χ1n) is 9.75. The van der Waals surface area contributed by atoms with Crippen LogP contribution in [0.15, 0.2) is 34.8 Å². The van der Waals surface area contributed by atoms with Crippen molar-refractivity contribution in [2.75, 3.05) is 19.8 Å². The van der Waals surface area contributed by atoms with Crippen molar-refractivity contribution in [2.45, 2.75) is 46.4 Å². The first-order valence-corrected chi connectivity index (χ1v) is 11.3. The summed E-state index contributed by atoms with van der Waals surface area (Å²) < 4.78 is 18.3. The number of ether oxygens (including phenoxy) is 3. The third kappa shape index (κ3) is 7.99. The maximum absolute atomic E-state index is 6.24. The maximum Gasteiger partial charge on any atom is 0.162 e. The van der Waals surface area contributed by atoms with Gasteiger partial charge in [-0.15, -0.1) is 0 Å². The Kier molecular flexibility index (Phi) is 10.6. The van der Waals surface area contributed by atoms with Crippen molar-refractivity contribution >= 4 is 39.1 Å². The first kappa shape index (κ1) is 24.3. The van der Waals surface area contributed by atoms with E-state index >= 15 is 0 Å². The number of halogens is 3. The topological polar surface area (TPSA) is 39.7 Å². The van der Waals surface area contributed by atoms with E-state index in [-0.39, 0.29) is 12.7 Å². The third-order valence-electron chi connectivity index (χ3n) is 4.11. The molecule has 0 aliphatic carbocycles. The van der Waals surface area contributed by atoms with E-state index in [9.17, 15) is 0 Å². The summed E-state index contributed by atoms with van der Waals surface area (Å²) in [4.78, 5) is 0. The number of hydrogen-bond acceptors (Lipinski definition) is 4. The molecule has 0 saturated heterocycles. The predicted octanol–water partition coefficient (Wildman–Crippen LogP) is 6.64. The monoisotopic (exact) mass is 503 g/mol. The van der Waals surface area contributed by atoms with Gasteiger partial charge in [-0.2, -0.15) is 0 Å². The first-order chi connectivity index (χ1) is 13.9. The summed E-state index contributed by atoms with van der Waals surface area (Å²) >= 11 is 16.1. The highest BCUT2D eigenvalue weighted by Crippen LogP contribution is 2.35. The fourth-order valence-electron chi connectivity index (χ4n) is 2.65. The minimum Gasteiger partial charge on any atom is -0.490 e. The number of rotatable bonds is 12. The zero-order valence-corrected chi connectivity index (χ0v) is 20.2. The van der Waals surface area contributed by atoms with Gasteiger partial charge in [-0.05, 0) is 63.6 Å². The summed E-state index contributed by atoms with van der Waals surface area (Å²) in [6, 6.07) is 9.33. The number of benzene rings is 2. The summed E-state index contributed by atoms with van der Waals surface area (Å²) in [6.45, 7) is 9.21. The second-order valence-corrected chi connectivity index (χ2v) is 8.43. The van der Waals surface area contributed by atoms with E-state index in [4.69, 9.17) is 37.4 Å². The van der Waals surface area contributed by atoms with Crippen LogP contribution in [0.2, 0.25) is 10.0 Å². The number of nitrogens with one attached hydrogen (secondary N) is 1. The lowest BCUT2D eigenvalue weighted by Gasteiger charge is -2.16. The van der Waals surface area contributed by atoms with E-state index in [1.54, 1.807) is 12.1 Å². The number of hydrogen-bond donors (Lipinski definition) is 1. The molecule has 0 radical (unpaired) electrons. The Labute approximate surface area is 192 Å². The van der Waals surface area contributed by atoms with Gasteiger partial charge in [0.15, 0.2) is 11.5 Å². The normalized spacial score (nSPS) is 11.1.